The van der Waals surface area contributed by atoms with Gasteiger partial charge >= 0.3 is 18.3 Å². The maximum atomic E-state index is 13.9. The van der Waals surface area contributed by atoms with Crippen molar-refractivity contribution in [3.05, 3.63) is 41.1 Å². The number of fused-ring (bicyclic) bond motifs is 1. The zero-order chi connectivity index (χ0) is 32.1. The molecule has 0 N–H and O–H groups in total. The third-order valence-corrected chi connectivity index (χ3v) is 7.84. The molecule has 3 heterocycles. The van der Waals surface area contributed by atoms with Crippen LogP contribution in [0.3, 0.4) is 0 Å². The summed E-state index contributed by atoms with van der Waals surface area (Å²) < 4.78 is 53.2. The number of rotatable bonds is 9. The second kappa shape index (κ2) is 13.9. The van der Waals surface area contributed by atoms with E-state index in [2.05, 4.69) is 29.8 Å². The van der Waals surface area contributed by atoms with Gasteiger partial charge in [0.2, 0.25) is 0 Å². The third-order valence-electron chi connectivity index (χ3n) is 7.84. The zero-order valence-corrected chi connectivity index (χ0v) is 26.2. The number of para-hydroxylation sites is 1. The summed E-state index contributed by atoms with van der Waals surface area (Å²) in [4.78, 5) is 30.0. The van der Waals surface area contributed by atoms with Crippen LogP contribution < -0.4 is 14.5 Å². The Labute approximate surface area is 257 Å². The lowest BCUT2D eigenvalue weighted by Gasteiger charge is -2.42. The maximum Gasteiger partial charge on any atom is 0.418 e. The van der Waals surface area contributed by atoms with Crippen LogP contribution >= 0.6 is 0 Å². The van der Waals surface area contributed by atoms with E-state index < -0.39 is 29.5 Å². The number of nitriles is 1. The second-order valence-corrected chi connectivity index (χ2v) is 12.0. The van der Waals surface area contributed by atoms with Crippen LogP contribution in [0, 0.1) is 11.3 Å². The third kappa shape index (κ3) is 8.02. The van der Waals surface area contributed by atoms with Crippen molar-refractivity contribution in [3.63, 3.8) is 0 Å². The summed E-state index contributed by atoms with van der Waals surface area (Å²) in [5, 5.41) is 9.56. The number of amides is 1. The molecule has 1 atom stereocenters. The Morgan fingerprint density at radius 1 is 1.09 bits per heavy atom. The van der Waals surface area contributed by atoms with Gasteiger partial charge in [0.05, 0.1) is 36.3 Å². The quantitative estimate of drug-likeness (QED) is 0.380. The number of carbonyl (C=O) groups excluding carboxylic acids is 1. The van der Waals surface area contributed by atoms with Crippen LogP contribution in [0.4, 0.5) is 29.5 Å². The number of alkyl halides is 3. The standard InChI is InChI=1S/C31H42F3N7O3/c1-6-38(7-2)18-19-43-28-36-25-21-39(26-11-9-8-10-24(26)31(32,33)34)15-13-23(25)27(37-28)40-16-17-41(22(20-40)12-14-35)29(42)44-30(3,4)5/h8-11,22H,6-7,12-13,15-21H2,1-5H3. The lowest BCUT2D eigenvalue weighted by atomic mass is 10.0. The number of hydrogen-bond acceptors (Lipinski definition) is 9. The van der Waals surface area contributed by atoms with Crippen molar-refractivity contribution in [1.29, 1.82) is 5.26 Å². The van der Waals surface area contributed by atoms with Crippen molar-refractivity contribution in [2.24, 2.45) is 0 Å². The van der Waals surface area contributed by atoms with Crippen LogP contribution in [0.2, 0.25) is 0 Å². The van der Waals surface area contributed by atoms with Crippen molar-refractivity contribution in [1.82, 2.24) is 19.8 Å². The number of halogens is 3. The fraction of sp³-hybridized carbons (Fsp3) is 0.613. The molecular weight excluding hydrogens is 575 g/mol. The first-order chi connectivity index (χ1) is 20.8. The highest BCUT2D eigenvalue weighted by Crippen LogP contribution is 2.39. The summed E-state index contributed by atoms with van der Waals surface area (Å²) in [5.41, 5.74) is 0.178. The van der Waals surface area contributed by atoms with Gasteiger partial charge in [-0.3, -0.25) is 0 Å². The summed E-state index contributed by atoms with van der Waals surface area (Å²) in [7, 11) is 0. The lowest BCUT2D eigenvalue weighted by molar-refractivity contribution is -0.137. The molecule has 0 radical (unpaired) electrons. The Morgan fingerprint density at radius 2 is 1.82 bits per heavy atom. The molecule has 240 valence electrons. The van der Waals surface area contributed by atoms with Crippen LogP contribution in [-0.2, 0) is 23.9 Å². The van der Waals surface area contributed by atoms with Gasteiger partial charge in [0.15, 0.2) is 0 Å². The summed E-state index contributed by atoms with van der Waals surface area (Å²) in [5.74, 6) is 0.628. The Balaban J connectivity index is 1.65. The first-order valence-electron chi connectivity index (χ1n) is 15.1. The average Bonchev–Trinajstić information content (AvgIpc) is 2.97. The van der Waals surface area contributed by atoms with E-state index in [1.807, 2.05) is 4.90 Å². The van der Waals surface area contributed by atoms with E-state index in [4.69, 9.17) is 14.5 Å². The highest BCUT2D eigenvalue weighted by molar-refractivity contribution is 5.69. The molecule has 1 aromatic carbocycles. The van der Waals surface area contributed by atoms with Gasteiger partial charge in [0.1, 0.15) is 18.0 Å². The molecule has 1 fully saturated rings. The smallest absolute Gasteiger partial charge is 0.418 e. The molecule has 0 saturated carbocycles. The van der Waals surface area contributed by atoms with E-state index in [0.717, 1.165) is 24.7 Å². The summed E-state index contributed by atoms with van der Waals surface area (Å²) in [6.45, 7) is 13.9. The van der Waals surface area contributed by atoms with Gasteiger partial charge in [0.25, 0.3) is 0 Å². The predicted molar refractivity (Wildman–Crippen MR) is 161 cm³/mol. The first-order valence-corrected chi connectivity index (χ1v) is 15.1. The van der Waals surface area contributed by atoms with Gasteiger partial charge < -0.3 is 29.1 Å². The van der Waals surface area contributed by atoms with E-state index in [0.29, 0.717) is 57.3 Å². The number of piperazine rings is 1. The molecule has 2 aromatic rings. The van der Waals surface area contributed by atoms with Gasteiger partial charge in [-0.15, -0.1) is 0 Å². The first kappa shape index (κ1) is 33.1. The van der Waals surface area contributed by atoms with E-state index in [1.165, 1.54) is 12.1 Å². The van der Waals surface area contributed by atoms with Crippen LogP contribution in [0.1, 0.15) is 57.9 Å². The van der Waals surface area contributed by atoms with Crippen molar-refractivity contribution < 1.29 is 27.4 Å². The molecule has 13 heteroatoms. The van der Waals surface area contributed by atoms with Crippen molar-refractivity contribution in [3.8, 4) is 12.1 Å². The molecule has 1 unspecified atom stereocenters. The number of ether oxygens (including phenoxy) is 2. The van der Waals surface area contributed by atoms with Gasteiger partial charge in [0, 0.05) is 44.0 Å². The molecule has 4 rings (SSSR count). The number of nitrogens with zero attached hydrogens (tertiary/aromatic N) is 7. The van der Waals surface area contributed by atoms with Crippen molar-refractivity contribution in [2.45, 2.75) is 71.8 Å². The molecule has 1 saturated heterocycles. The van der Waals surface area contributed by atoms with E-state index >= 15 is 0 Å². The Morgan fingerprint density at radius 3 is 2.48 bits per heavy atom. The molecule has 0 spiro atoms. The monoisotopic (exact) mass is 617 g/mol. The Hall–Kier alpha value is -3.79. The summed E-state index contributed by atoms with van der Waals surface area (Å²) >= 11 is 0. The fourth-order valence-corrected chi connectivity index (χ4v) is 5.60. The van der Waals surface area contributed by atoms with Crippen LogP contribution in [-0.4, -0.2) is 89.9 Å². The average molecular weight is 618 g/mol. The van der Waals surface area contributed by atoms with Crippen LogP contribution in [0.5, 0.6) is 6.01 Å². The largest absolute Gasteiger partial charge is 0.462 e. The summed E-state index contributed by atoms with van der Waals surface area (Å²) in [6.07, 6.45) is -4.43. The minimum absolute atomic E-state index is 0.106. The van der Waals surface area contributed by atoms with Gasteiger partial charge in [-0.1, -0.05) is 26.0 Å². The van der Waals surface area contributed by atoms with E-state index in [-0.39, 0.29) is 24.7 Å². The van der Waals surface area contributed by atoms with Crippen LogP contribution in [0.25, 0.3) is 0 Å². The maximum absolute atomic E-state index is 13.9. The second-order valence-electron chi connectivity index (χ2n) is 12.0. The topological polar surface area (TPSA) is 98.1 Å². The minimum atomic E-state index is -4.49. The molecule has 1 amide bonds. The van der Waals surface area contributed by atoms with E-state index in [9.17, 15) is 23.2 Å². The highest BCUT2D eigenvalue weighted by atomic mass is 19.4. The van der Waals surface area contributed by atoms with Crippen molar-refractivity contribution in [2.75, 3.05) is 62.2 Å². The van der Waals surface area contributed by atoms with Crippen LogP contribution in [0.15, 0.2) is 24.3 Å². The lowest BCUT2D eigenvalue weighted by Crippen LogP contribution is -2.56. The Bertz CT molecular complexity index is 1340. The molecule has 0 aliphatic carbocycles. The zero-order valence-electron chi connectivity index (χ0n) is 26.2. The van der Waals surface area contributed by atoms with Gasteiger partial charge in [-0.05, 0) is 52.4 Å². The molecule has 2 aliphatic rings. The Kier molecular flexibility index (Phi) is 10.4. The van der Waals surface area contributed by atoms with Gasteiger partial charge in [-0.2, -0.15) is 28.4 Å². The number of benzene rings is 1. The number of aromatic nitrogens is 2. The molecule has 10 nitrogen and oxygen atoms in total. The number of hydrogen-bond donors (Lipinski definition) is 0. The minimum Gasteiger partial charge on any atom is -0.462 e. The normalized spacial score (nSPS) is 17.4. The van der Waals surface area contributed by atoms with E-state index in [1.54, 1.807) is 36.6 Å². The highest BCUT2D eigenvalue weighted by Gasteiger charge is 2.38. The van der Waals surface area contributed by atoms with Gasteiger partial charge in [-0.25, -0.2) is 4.79 Å². The van der Waals surface area contributed by atoms with Crippen molar-refractivity contribution >= 4 is 17.6 Å². The molecule has 44 heavy (non-hydrogen) atoms. The molecule has 0 bridgehead atoms. The number of anilines is 2. The number of likely N-dealkylation sites (N-methyl/N-ethyl adjacent to an activating group) is 1. The molecule has 1 aromatic heterocycles. The fourth-order valence-electron chi connectivity index (χ4n) is 5.60. The molecule has 2 aliphatic heterocycles. The predicted octanol–water partition coefficient (Wildman–Crippen LogP) is 5.12. The summed E-state index contributed by atoms with van der Waals surface area (Å²) in [6, 6.07) is 7.48. The number of carbonyl (C=O) groups is 1. The SMILES string of the molecule is CCN(CC)CCOc1nc2c(c(N3CCN(C(=O)OC(C)(C)C)C(CC#N)C3)n1)CCN(c1ccccc1C(F)(F)F)C2. The molecular formula is C31H42F3N7O3.